The average Bonchev–Trinajstić information content (AvgIpc) is 3.20. The van der Waals surface area contributed by atoms with E-state index in [1.807, 2.05) is 12.2 Å². The van der Waals surface area contributed by atoms with E-state index in [4.69, 9.17) is 0 Å². The minimum Gasteiger partial charge on any atom is -0.310 e. The smallest absolute Gasteiger partial charge is 0.0500 e. The van der Waals surface area contributed by atoms with Gasteiger partial charge >= 0.3 is 0 Å². The maximum Gasteiger partial charge on any atom is 0.0500 e. The van der Waals surface area contributed by atoms with Gasteiger partial charge in [0.1, 0.15) is 0 Å². The number of anilines is 4. The topological polar surface area (TPSA) is 6.48 Å². The molecule has 8 rings (SSSR count). The standard InChI is InChI=1S/C50H46N2/c1-3-5-9-15-37-21-29-43(30-22-37)51(41-17-11-7-12-18-41)47-35-27-39-26-34-46-48(36-28-40-25-33-45(47)49(39)50(40)46)52(42-19-13-8-14-20-42)44-31-23-38(24-32-44)16-10-6-4-2/h3-4,7-8,11-14,17-36,49-50H,1-2,5-6,9-10,15-16H2. The highest BCUT2D eigenvalue weighted by atomic mass is 15.2. The summed E-state index contributed by atoms with van der Waals surface area (Å²) in [5, 5.41) is 0. The van der Waals surface area contributed by atoms with E-state index in [2.05, 4.69) is 181 Å². The number of hydrogen-bond acceptors (Lipinski definition) is 2. The van der Waals surface area contributed by atoms with Gasteiger partial charge in [-0.15, -0.1) is 13.2 Å². The Bertz CT molecular complexity index is 2150. The van der Waals surface area contributed by atoms with E-state index >= 15 is 0 Å². The number of para-hydroxylation sites is 2. The van der Waals surface area contributed by atoms with Crippen molar-refractivity contribution >= 4 is 22.7 Å². The van der Waals surface area contributed by atoms with E-state index in [9.17, 15) is 0 Å². The summed E-state index contributed by atoms with van der Waals surface area (Å²) in [6, 6.07) is 40.0. The van der Waals surface area contributed by atoms with Crippen LogP contribution in [0.25, 0.3) is 0 Å². The van der Waals surface area contributed by atoms with Crippen LogP contribution in [0.5, 0.6) is 0 Å². The first-order valence-corrected chi connectivity index (χ1v) is 18.8. The zero-order valence-corrected chi connectivity index (χ0v) is 29.9. The first-order chi connectivity index (χ1) is 25.7. The van der Waals surface area contributed by atoms with Crippen molar-refractivity contribution in [3.05, 3.63) is 228 Å². The summed E-state index contributed by atoms with van der Waals surface area (Å²) in [6.07, 6.45) is 29.3. The molecule has 0 fully saturated rings. The minimum absolute atomic E-state index is 0.217. The van der Waals surface area contributed by atoms with Gasteiger partial charge in [0.05, 0.1) is 0 Å². The predicted octanol–water partition coefficient (Wildman–Crippen LogP) is 13.0. The van der Waals surface area contributed by atoms with Crippen LogP contribution in [-0.4, -0.2) is 0 Å². The maximum absolute atomic E-state index is 3.90. The normalized spacial score (nSPS) is 18.1. The van der Waals surface area contributed by atoms with E-state index in [0.717, 1.165) is 49.9 Å². The Labute approximate surface area is 309 Å². The van der Waals surface area contributed by atoms with Crippen molar-refractivity contribution in [1.29, 1.82) is 0 Å². The van der Waals surface area contributed by atoms with Crippen LogP contribution >= 0.6 is 0 Å². The van der Waals surface area contributed by atoms with Crippen LogP contribution in [0.4, 0.5) is 22.7 Å². The van der Waals surface area contributed by atoms with Gasteiger partial charge in [-0.05, 0) is 133 Å². The van der Waals surface area contributed by atoms with Crippen molar-refractivity contribution in [2.45, 2.75) is 38.5 Å². The second-order valence-electron chi connectivity index (χ2n) is 14.0. The fraction of sp³-hybridized carbons (Fsp3) is 0.160. The Morgan fingerprint density at radius 1 is 0.481 bits per heavy atom. The predicted molar refractivity (Wildman–Crippen MR) is 221 cm³/mol. The fourth-order valence-electron chi connectivity index (χ4n) is 8.18. The van der Waals surface area contributed by atoms with Crippen molar-refractivity contribution in [2.75, 3.05) is 9.80 Å². The molecule has 0 saturated carbocycles. The van der Waals surface area contributed by atoms with E-state index in [0.29, 0.717) is 0 Å². The largest absolute Gasteiger partial charge is 0.310 e. The lowest BCUT2D eigenvalue weighted by molar-refractivity contribution is 0.551. The molecule has 4 aromatic carbocycles. The second-order valence-corrected chi connectivity index (χ2v) is 14.0. The van der Waals surface area contributed by atoms with Crippen LogP contribution in [0.2, 0.25) is 0 Å². The Morgan fingerprint density at radius 2 is 0.981 bits per heavy atom. The van der Waals surface area contributed by atoms with Crippen LogP contribution in [0, 0.1) is 11.8 Å². The summed E-state index contributed by atoms with van der Waals surface area (Å²) in [6.45, 7) is 7.80. The summed E-state index contributed by atoms with van der Waals surface area (Å²) in [7, 11) is 0. The van der Waals surface area contributed by atoms with Crippen molar-refractivity contribution in [1.82, 2.24) is 0 Å². The first-order valence-electron chi connectivity index (χ1n) is 18.8. The second kappa shape index (κ2) is 15.2. The summed E-state index contributed by atoms with van der Waals surface area (Å²) >= 11 is 0. The number of rotatable bonds is 14. The Kier molecular flexibility index (Phi) is 9.71. The zero-order chi connectivity index (χ0) is 35.3. The summed E-state index contributed by atoms with van der Waals surface area (Å²) in [5.41, 5.74) is 15.3. The SMILES string of the molecule is C=CCCCc1ccc(N(C2=CC=C3C=CC4=C(N(c5ccccc5)c5ccc(CCCC=C)cc5)C=CC5=CC=C2C3C54)c2ccccc2)cc1. The molecule has 2 nitrogen and oxygen atoms in total. The Morgan fingerprint density at radius 3 is 1.58 bits per heavy atom. The van der Waals surface area contributed by atoms with E-state index in [-0.39, 0.29) is 11.8 Å². The molecule has 0 N–H and O–H groups in total. The van der Waals surface area contributed by atoms with Gasteiger partial charge in [0, 0.05) is 46.0 Å². The van der Waals surface area contributed by atoms with Crippen molar-refractivity contribution < 1.29 is 0 Å². The van der Waals surface area contributed by atoms with Gasteiger partial charge in [0.15, 0.2) is 0 Å². The maximum atomic E-state index is 3.90. The quantitative estimate of drug-likeness (QED) is 0.0970. The third-order valence-corrected chi connectivity index (χ3v) is 10.7. The molecule has 52 heavy (non-hydrogen) atoms. The summed E-state index contributed by atoms with van der Waals surface area (Å²) in [5.74, 6) is 0.434. The highest BCUT2D eigenvalue weighted by molar-refractivity contribution is 5.78. The number of unbranched alkanes of at least 4 members (excludes halogenated alkanes) is 2. The van der Waals surface area contributed by atoms with Gasteiger partial charge in [-0.25, -0.2) is 0 Å². The van der Waals surface area contributed by atoms with Gasteiger partial charge in [0.25, 0.3) is 0 Å². The van der Waals surface area contributed by atoms with Crippen LogP contribution in [0.1, 0.15) is 36.8 Å². The Hall–Kier alpha value is -5.86. The minimum atomic E-state index is 0.217. The number of hydrogen-bond donors (Lipinski definition) is 0. The van der Waals surface area contributed by atoms with Gasteiger partial charge in [-0.3, -0.25) is 0 Å². The van der Waals surface area contributed by atoms with Crippen molar-refractivity contribution in [3.63, 3.8) is 0 Å². The Balaban J connectivity index is 1.18. The number of allylic oxidation sites excluding steroid dienone is 14. The molecule has 4 aromatic rings. The average molecular weight is 675 g/mol. The molecule has 4 aliphatic rings. The molecular weight excluding hydrogens is 629 g/mol. The first kappa shape index (κ1) is 33.3. The molecular formula is C50H46N2. The molecule has 4 aliphatic carbocycles. The van der Waals surface area contributed by atoms with Crippen molar-refractivity contribution in [3.8, 4) is 0 Å². The van der Waals surface area contributed by atoms with Gasteiger partial charge in [0.2, 0.25) is 0 Å². The third kappa shape index (κ3) is 6.53. The van der Waals surface area contributed by atoms with E-state index in [1.165, 1.54) is 56.2 Å². The number of aryl methyl sites for hydroxylation is 2. The highest BCUT2D eigenvalue weighted by Crippen LogP contribution is 2.53. The zero-order valence-electron chi connectivity index (χ0n) is 29.9. The van der Waals surface area contributed by atoms with Crippen LogP contribution in [-0.2, 0) is 12.8 Å². The monoisotopic (exact) mass is 674 g/mol. The number of benzene rings is 4. The van der Waals surface area contributed by atoms with E-state index in [1.54, 1.807) is 0 Å². The molecule has 0 saturated heterocycles. The molecule has 0 bridgehead atoms. The molecule has 256 valence electrons. The molecule has 0 aliphatic heterocycles. The van der Waals surface area contributed by atoms with Crippen LogP contribution < -0.4 is 9.80 Å². The molecule has 2 unspecified atom stereocenters. The lowest BCUT2D eigenvalue weighted by Crippen LogP contribution is -2.35. The molecule has 2 atom stereocenters. The van der Waals surface area contributed by atoms with Crippen molar-refractivity contribution in [2.24, 2.45) is 11.8 Å². The summed E-state index contributed by atoms with van der Waals surface area (Å²) in [4.78, 5) is 4.89. The number of nitrogens with zero attached hydrogens (tertiary/aromatic N) is 2. The molecule has 0 amide bonds. The molecule has 0 heterocycles. The van der Waals surface area contributed by atoms with E-state index < -0.39 is 0 Å². The molecule has 2 heteroatoms. The molecule has 0 radical (unpaired) electrons. The molecule has 0 aromatic heterocycles. The lowest BCUT2D eigenvalue weighted by Gasteiger charge is -2.45. The fourth-order valence-corrected chi connectivity index (χ4v) is 8.18. The van der Waals surface area contributed by atoms with Gasteiger partial charge in [-0.2, -0.15) is 0 Å². The van der Waals surface area contributed by atoms with Crippen LogP contribution in [0.3, 0.4) is 0 Å². The third-order valence-electron chi connectivity index (χ3n) is 10.7. The summed E-state index contributed by atoms with van der Waals surface area (Å²) < 4.78 is 0. The van der Waals surface area contributed by atoms with Gasteiger partial charge < -0.3 is 9.80 Å². The van der Waals surface area contributed by atoms with Crippen LogP contribution in [0.15, 0.2) is 217 Å². The van der Waals surface area contributed by atoms with Gasteiger partial charge in [-0.1, -0.05) is 109 Å². The highest BCUT2D eigenvalue weighted by Gasteiger charge is 2.42. The lowest BCUT2D eigenvalue weighted by atomic mass is 9.63. The molecule has 0 spiro atoms.